The summed E-state index contributed by atoms with van der Waals surface area (Å²) in [7, 11) is 0. The Morgan fingerprint density at radius 2 is 1.91 bits per heavy atom. The number of nitrogens with two attached hydrogens (primary N) is 1. The van der Waals surface area contributed by atoms with Crippen molar-refractivity contribution in [3.05, 3.63) is 58.0 Å². The number of aromatic hydroxyl groups is 1. The number of benzene rings is 1. The average Bonchev–Trinajstić information content (AvgIpc) is 3.30. The molecule has 9 nitrogen and oxygen atoms in total. The van der Waals surface area contributed by atoms with Crippen LogP contribution in [0.15, 0.2) is 41.3 Å². The normalized spacial score (nSPS) is 26.1. The number of amides is 1. The first-order valence-corrected chi connectivity index (χ1v) is 11.5. The molecule has 3 aliphatic rings. The zero-order valence-electron chi connectivity index (χ0n) is 19.3. The number of phenolic OH excluding ortho intramolecular Hbond substituents is 1. The van der Waals surface area contributed by atoms with E-state index in [1.807, 2.05) is 19.9 Å². The number of carbonyl (C=O) groups excluding carboxylic acids is 3. The molecule has 3 atom stereocenters. The molecule has 9 heteroatoms. The first-order chi connectivity index (χ1) is 16.5. The summed E-state index contributed by atoms with van der Waals surface area (Å²) >= 11 is 0. The highest BCUT2D eigenvalue weighted by Crippen LogP contribution is 2.53. The summed E-state index contributed by atoms with van der Waals surface area (Å²) in [4.78, 5) is 40.9. The van der Waals surface area contributed by atoms with Gasteiger partial charge in [-0.25, -0.2) is 0 Å². The van der Waals surface area contributed by atoms with Gasteiger partial charge in [0.15, 0.2) is 11.4 Å². The van der Waals surface area contributed by atoms with E-state index in [4.69, 9.17) is 5.73 Å². The molecule has 5 rings (SSSR count). The number of rotatable bonds is 3. The largest absolute Gasteiger partial charge is 0.508 e. The molecular formula is C26H26N2O7. The summed E-state index contributed by atoms with van der Waals surface area (Å²) in [6, 6.07) is 5.41. The molecule has 1 heterocycles. The Morgan fingerprint density at radius 3 is 2.51 bits per heavy atom. The van der Waals surface area contributed by atoms with Crippen molar-refractivity contribution in [2.45, 2.75) is 44.6 Å². The van der Waals surface area contributed by atoms with Crippen LogP contribution in [-0.4, -0.2) is 48.5 Å². The van der Waals surface area contributed by atoms with Crippen molar-refractivity contribution in [2.24, 2.45) is 17.6 Å². The highest BCUT2D eigenvalue weighted by atomic mass is 16.3. The van der Waals surface area contributed by atoms with E-state index < -0.39 is 52.0 Å². The third kappa shape index (κ3) is 3.01. The van der Waals surface area contributed by atoms with Crippen LogP contribution in [0.2, 0.25) is 0 Å². The monoisotopic (exact) mass is 478 g/mol. The van der Waals surface area contributed by atoms with E-state index in [1.165, 1.54) is 0 Å². The van der Waals surface area contributed by atoms with Crippen molar-refractivity contribution in [3.8, 4) is 17.0 Å². The second-order valence-corrected chi connectivity index (χ2v) is 9.86. The number of aliphatic hydroxyl groups is 3. The molecule has 1 amide bonds. The lowest BCUT2D eigenvalue weighted by Gasteiger charge is -2.46. The summed E-state index contributed by atoms with van der Waals surface area (Å²) in [6.07, 6.45) is 1.77. The Bertz CT molecular complexity index is 1370. The van der Waals surface area contributed by atoms with E-state index in [9.17, 15) is 34.8 Å². The van der Waals surface area contributed by atoms with Gasteiger partial charge in [0.2, 0.25) is 5.78 Å². The fraction of sp³-hybridized carbons (Fsp3) is 0.346. The number of hydrogen-bond acceptors (Lipinski definition) is 7. The Morgan fingerprint density at radius 1 is 1.20 bits per heavy atom. The Balaban J connectivity index is 1.75. The predicted octanol–water partition coefficient (Wildman–Crippen LogP) is 2.54. The fourth-order valence-corrected chi connectivity index (χ4v) is 5.94. The van der Waals surface area contributed by atoms with Crippen LogP contribution in [0, 0.1) is 11.8 Å². The molecule has 0 aliphatic heterocycles. The van der Waals surface area contributed by atoms with Gasteiger partial charge in [-0.15, -0.1) is 0 Å². The lowest BCUT2D eigenvalue weighted by atomic mass is 9.59. The van der Waals surface area contributed by atoms with Crippen LogP contribution in [0.5, 0.6) is 5.75 Å². The predicted molar refractivity (Wildman–Crippen MR) is 125 cm³/mol. The van der Waals surface area contributed by atoms with Crippen molar-refractivity contribution in [1.82, 2.24) is 4.98 Å². The average molecular weight is 479 g/mol. The van der Waals surface area contributed by atoms with E-state index in [0.717, 1.165) is 5.56 Å². The van der Waals surface area contributed by atoms with Crippen molar-refractivity contribution in [1.29, 1.82) is 0 Å². The van der Waals surface area contributed by atoms with Crippen LogP contribution in [-0.2, 0) is 20.8 Å². The first kappa shape index (κ1) is 22.9. The molecule has 1 aromatic carbocycles. The van der Waals surface area contributed by atoms with E-state index in [0.29, 0.717) is 23.2 Å². The van der Waals surface area contributed by atoms with Gasteiger partial charge in [0.1, 0.15) is 22.8 Å². The molecule has 2 aromatic rings. The van der Waals surface area contributed by atoms with Gasteiger partial charge in [0, 0.05) is 35.4 Å². The number of H-pyrrole nitrogens is 1. The van der Waals surface area contributed by atoms with Crippen LogP contribution in [0.3, 0.4) is 0 Å². The zero-order chi connectivity index (χ0) is 25.4. The molecule has 0 saturated heterocycles. The standard InChI is InChI=1S/C26H26N2O7/c1-10(2)13-9-15(16-4-3-5-28-16)21(30)19-14(13)7-11-6-12-8-17(29)20(25(27)34)24(33)26(12,35)23(32)18(11)22(19)31/h3-5,9-12,28,30-31,33,35H,6-8H2,1-2H3,(H2,27,34)/t11-,12+,26+/m1/s1. The molecule has 182 valence electrons. The molecule has 1 aromatic heterocycles. The Hall–Kier alpha value is -3.85. The summed E-state index contributed by atoms with van der Waals surface area (Å²) in [6.45, 7) is 3.97. The van der Waals surface area contributed by atoms with Crippen LogP contribution >= 0.6 is 0 Å². The van der Waals surface area contributed by atoms with E-state index in [1.54, 1.807) is 18.3 Å². The van der Waals surface area contributed by atoms with Gasteiger partial charge in [-0.05, 0) is 54.0 Å². The van der Waals surface area contributed by atoms with Crippen LogP contribution in [0.1, 0.15) is 49.3 Å². The second-order valence-electron chi connectivity index (χ2n) is 9.86. The molecule has 3 aliphatic carbocycles. The number of primary amides is 1. The van der Waals surface area contributed by atoms with Crippen molar-refractivity contribution in [3.63, 3.8) is 0 Å². The number of phenols is 1. The zero-order valence-corrected chi connectivity index (χ0v) is 19.3. The van der Waals surface area contributed by atoms with E-state index in [-0.39, 0.29) is 35.6 Å². The summed E-state index contributed by atoms with van der Waals surface area (Å²) < 4.78 is 0. The molecule has 1 fully saturated rings. The summed E-state index contributed by atoms with van der Waals surface area (Å²) in [5.41, 5.74) is 4.47. The molecule has 0 radical (unpaired) electrons. The number of aliphatic hydroxyl groups excluding tert-OH is 2. The summed E-state index contributed by atoms with van der Waals surface area (Å²) in [5, 5.41) is 44.6. The van der Waals surface area contributed by atoms with Gasteiger partial charge in [-0.2, -0.15) is 0 Å². The molecule has 35 heavy (non-hydrogen) atoms. The number of Topliss-reactive ketones (excluding diaryl/α,β-unsaturated/α-hetero) is 2. The third-order valence-electron chi connectivity index (χ3n) is 7.61. The third-order valence-corrected chi connectivity index (χ3v) is 7.61. The van der Waals surface area contributed by atoms with Gasteiger partial charge in [-0.1, -0.05) is 13.8 Å². The van der Waals surface area contributed by atoms with Crippen molar-refractivity contribution in [2.75, 3.05) is 0 Å². The maximum Gasteiger partial charge on any atom is 0.255 e. The van der Waals surface area contributed by atoms with E-state index in [2.05, 4.69) is 4.98 Å². The summed E-state index contributed by atoms with van der Waals surface area (Å²) in [5.74, 6) is -6.25. The van der Waals surface area contributed by atoms with Gasteiger partial charge < -0.3 is 31.1 Å². The van der Waals surface area contributed by atoms with Crippen LogP contribution in [0.25, 0.3) is 17.0 Å². The maximum absolute atomic E-state index is 13.7. The highest BCUT2D eigenvalue weighted by Gasteiger charge is 2.60. The minimum absolute atomic E-state index is 0.0324. The maximum atomic E-state index is 13.7. The number of carbonyl (C=O) groups is 3. The lowest BCUT2D eigenvalue weighted by Crippen LogP contribution is -2.58. The smallest absolute Gasteiger partial charge is 0.255 e. The fourth-order valence-electron chi connectivity index (χ4n) is 5.94. The van der Waals surface area contributed by atoms with Gasteiger partial charge in [-0.3, -0.25) is 14.4 Å². The second kappa shape index (κ2) is 7.58. The quantitative estimate of drug-likeness (QED) is 0.368. The topological polar surface area (TPSA) is 174 Å². The molecule has 7 N–H and O–H groups in total. The number of aromatic amines is 1. The highest BCUT2D eigenvalue weighted by molar-refractivity contribution is 6.22. The van der Waals surface area contributed by atoms with Gasteiger partial charge in [0.25, 0.3) is 5.91 Å². The SMILES string of the molecule is CC(C)c1cc(-c2ccc[nH]2)c(O)c2c1C[C@H]1C[C@H]3CC(=O)C(C(N)=O)=C(O)[C@@]3(O)C(=O)C1=C2O. The number of aromatic nitrogens is 1. The number of ketones is 2. The van der Waals surface area contributed by atoms with Crippen molar-refractivity contribution < 1.29 is 34.8 Å². The number of nitrogens with one attached hydrogen (secondary N) is 1. The Kier molecular flexibility index (Phi) is 4.96. The number of hydrogen-bond donors (Lipinski definition) is 6. The minimum atomic E-state index is -2.57. The van der Waals surface area contributed by atoms with Crippen molar-refractivity contribution >= 4 is 23.2 Å². The minimum Gasteiger partial charge on any atom is -0.508 e. The van der Waals surface area contributed by atoms with Crippen LogP contribution < -0.4 is 5.73 Å². The lowest BCUT2D eigenvalue weighted by molar-refractivity contribution is -0.147. The van der Waals surface area contributed by atoms with Gasteiger partial charge >= 0.3 is 0 Å². The first-order valence-electron chi connectivity index (χ1n) is 11.5. The van der Waals surface area contributed by atoms with E-state index >= 15 is 0 Å². The number of fused-ring (bicyclic) bond motifs is 3. The van der Waals surface area contributed by atoms with Crippen LogP contribution in [0.4, 0.5) is 0 Å². The molecule has 0 bridgehead atoms. The molecular weight excluding hydrogens is 452 g/mol. The molecule has 1 saturated carbocycles. The molecule has 0 spiro atoms. The Labute approximate surface area is 200 Å². The van der Waals surface area contributed by atoms with Gasteiger partial charge in [0.05, 0.1) is 5.56 Å². The molecule has 0 unspecified atom stereocenters.